The average molecular weight is 437 g/mol. The van der Waals surface area contributed by atoms with Gasteiger partial charge in [0.05, 0.1) is 6.54 Å². The van der Waals surface area contributed by atoms with Gasteiger partial charge in [-0.05, 0) is 57.0 Å². The molecule has 0 aromatic carbocycles. The summed E-state index contributed by atoms with van der Waals surface area (Å²) >= 11 is 0. The van der Waals surface area contributed by atoms with Crippen LogP contribution in [0, 0.1) is 11.8 Å². The Labute approximate surface area is 182 Å². The second-order valence-electron chi connectivity index (χ2n) is 8.37. The highest BCUT2D eigenvalue weighted by Gasteiger charge is 2.27. The zero-order valence-electron chi connectivity index (χ0n) is 17.2. The number of carbonyl (C=O) groups is 2. The molecule has 3 aliphatic heterocycles. The average Bonchev–Trinajstić information content (AvgIpc) is 2.69. The van der Waals surface area contributed by atoms with Crippen molar-refractivity contribution in [2.45, 2.75) is 45.4 Å². The second kappa shape index (κ2) is 12.9. The van der Waals surface area contributed by atoms with E-state index in [-0.39, 0.29) is 30.7 Å². The number of nitrogens with zero attached hydrogens (tertiary/aromatic N) is 3. The SMILES string of the molecule is CC(CC(=O)N1CCN(CC(=O)N2CCCCC2)CC1)C1CCNCC1.Cl.Cl. The van der Waals surface area contributed by atoms with Crippen molar-refractivity contribution in [2.24, 2.45) is 11.8 Å². The number of carbonyl (C=O) groups excluding carboxylic acids is 2. The van der Waals surface area contributed by atoms with Crippen molar-refractivity contribution in [2.75, 3.05) is 58.9 Å². The van der Waals surface area contributed by atoms with Crippen molar-refractivity contribution in [3.8, 4) is 0 Å². The Morgan fingerprint density at radius 1 is 0.857 bits per heavy atom. The quantitative estimate of drug-likeness (QED) is 0.715. The first-order valence-electron chi connectivity index (χ1n) is 10.6. The van der Waals surface area contributed by atoms with Crippen molar-refractivity contribution < 1.29 is 9.59 Å². The summed E-state index contributed by atoms with van der Waals surface area (Å²) in [5, 5.41) is 3.40. The summed E-state index contributed by atoms with van der Waals surface area (Å²) in [6.45, 7) is 9.97. The lowest BCUT2D eigenvalue weighted by molar-refractivity contribution is -0.136. The van der Waals surface area contributed by atoms with Crippen molar-refractivity contribution in [1.82, 2.24) is 20.0 Å². The molecule has 1 atom stereocenters. The van der Waals surface area contributed by atoms with E-state index in [0.717, 1.165) is 65.2 Å². The molecule has 0 spiro atoms. The van der Waals surface area contributed by atoms with Crippen LogP contribution < -0.4 is 5.32 Å². The highest BCUT2D eigenvalue weighted by Crippen LogP contribution is 2.25. The van der Waals surface area contributed by atoms with Gasteiger partial charge in [0.2, 0.25) is 11.8 Å². The summed E-state index contributed by atoms with van der Waals surface area (Å²) < 4.78 is 0. The molecule has 28 heavy (non-hydrogen) atoms. The van der Waals surface area contributed by atoms with E-state index in [4.69, 9.17) is 0 Å². The van der Waals surface area contributed by atoms with Gasteiger partial charge in [0.1, 0.15) is 0 Å². The minimum absolute atomic E-state index is 0. The first-order chi connectivity index (χ1) is 12.6. The predicted octanol–water partition coefficient (Wildman–Crippen LogP) is 2.01. The van der Waals surface area contributed by atoms with E-state index in [1.807, 2.05) is 9.80 Å². The monoisotopic (exact) mass is 436 g/mol. The molecule has 1 unspecified atom stereocenters. The maximum absolute atomic E-state index is 12.6. The van der Waals surface area contributed by atoms with Crippen LogP contribution in [0.25, 0.3) is 0 Å². The summed E-state index contributed by atoms with van der Waals surface area (Å²) in [5.74, 6) is 1.73. The summed E-state index contributed by atoms with van der Waals surface area (Å²) in [4.78, 5) is 31.3. The molecule has 8 heteroatoms. The van der Waals surface area contributed by atoms with Crippen LogP contribution in [-0.4, -0.2) is 85.4 Å². The molecule has 3 saturated heterocycles. The number of piperidine rings is 2. The van der Waals surface area contributed by atoms with Crippen molar-refractivity contribution in [3.05, 3.63) is 0 Å². The minimum atomic E-state index is 0. The van der Waals surface area contributed by atoms with Gasteiger partial charge in [-0.15, -0.1) is 24.8 Å². The van der Waals surface area contributed by atoms with Crippen LogP contribution >= 0.6 is 24.8 Å². The Hall–Kier alpha value is -0.560. The topological polar surface area (TPSA) is 55.9 Å². The Morgan fingerprint density at radius 2 is 1.43 bits per heavy atom. The van der Waals surface area contributed by atoms with Gasteiger partial charge in [-0.25, -0.2) is 0 Å². The molecule has 164 valence electrons. The fourth-order valence-corrected chi connectivity index (χ4v) is 4.57. The normalized spacial score (nSPS) is 22.8. The molecular formula is C20H38Cl2N4O2. The number of rotatable bonds is 5. The summed E-state index contributed by atoms with van der Waals surface area (Å²) in [6.07, 6.45) is 6.60. The summed E-state index contributed by atoms with van der Waals surface area (Å²) in [5.41, 5.74) is 0. The number of likely N-dealkylation sites (tertiary alicyclic amines) is 1. The minimum Gasteiger partial charge on any atom is -0.342 e. The fraction of sp³-hybridized carbons (Fsp3) is 0.900. The lowest BCUT2D eigenvalue weighted by atomic mass is 9.84. The third kappa shape index (κ3) is 7.36. The van der Waals surface area contributed by atoms with Gasteiger partial charge in [0, 0.05) is 45.7 Å². The molecule has 3 fully saturated rings. The van der Waals surface area contributed by atoms with Crippen LogP contribution in [0.2, 0.25) is 0 Å². The Kier molecular flexibility index (Phi) is 11.7. The maximum Gasteiger partial charge on any atom is 0.236 e. The fourth-order valence-electron chi connectivity index (χ4n) is 4.57. The molecular weight excluding hydrogens is 399 g/mol. The number of amides is 2. The van der Waals surface area contributed by atoms with Crippen molar-refractivity contribution in [1.29, 1.82) is 0 Å². The van der Waals surface area contributed by atoms with E-state index in [9.17, 15) is 9.59 Å². The van der Waals surface area contributed by atoms with Crippen LogP contribution in [0.5, 0.6) is 0 Å². The van der Waals surface area contributed by atoms with E-state index in [2.05, 4.69) is 17.1 Å². The van der Waals surface area contributed by atoms with E-state index in [1.54, 1.807) is 0 Å². The molecule has 0 aromatic heterocycles. The lowest BCUT2D eigenvalue weighted by Crippen LogP contribution is -2.52. The summed E-state index contributed by atoms with van der Waals surface area (Å²) in [6, 6.07) is 0. The molecule has 1 N–H and O–H groups in total. The Balaban J connectivity index is 0.00000196. The van der Waals surface area contributed by atoms with Gasteiger partial charge in [-0.3, -0.25) is 14.5 Å². The van der Waals surface area contributed by atoms with E-state index in [1.165, 1.54) is 19.3 Å². The highest BCUT2D eigenvalue weighted by molar-refractivity contribution is 5.85. The first kappa shape index (κ1) is 25.5. The van der Waals surface area contributed by atoms with Gasteiger partial charge < -0.3 is 15.1 Å². The zero-order chi connectivity index (χ0) is 18.4. The van der Waals surface area contributed by atoms with Crippen molar-refractivity contribution >= 4 is 36.6 Å². The van der Waals surface area contributed by atoms with Crippen LogP contribution in [0.1, 0.15) is 45.4 Å². The largest absolute Gasteiger partial charge is 0.342 e. The Bertz CT molecular complexity index is 475. The van der Waals surface area contributed by atoms with Gasteiger partial charge >= 0.3 is 0 Å². The lowest BCUT2D eigenvalue weighted by Gasteiger charge is -2.37. The van der Waals surface area contributed by atoms with Crippen LogP contribution in [0.3, 0.4) is 0 Å². The molecule has 0 saturated carbocycles. The maximum atomic E-state index is 12.6. The van der Waals surface area contributed by atoms with Crippen LogP contribution in [0.4, 0.5) is 0 Å². The van der Waals surface area contributed by atoms with E-state index >= 15 is 0 Å². The third-order valence-corrected chi connectivity index (χ3v) is 6.48. The molecule has 0 bridgehead atoms. The molecule has 3 aliphatic rings. The zero-order valence-corrected chi connectivity index (χ0v) is 18.9. The van der Waals surface area contributed by atoms with Crippen LogP contribution in [0.15, 0.2) is 0 Å². The highest BCUT2D eigenvalue weighted by atomic mass is 35.5. The molecule has 2 amide bonds. The smallest absolute Gasteiger partial charge is 0.236 e. The number of hydrogen-bond acceptors (Lipinski definition) is 4. The van der Waals surface area contributed by atoms with E-state index in [0.29, 0.717) is 30.7 Å². The molecule has 0 aromatic rings. The van der Waals surface area contributed by atoms with E-state index < -0.39 is 0 Å². The van der Waals surface area contributed by atoms with Crippen LogP contribution in [-0.2, 0) is 9.59 Å². The number of piperazine rings is 1. The first-order valence-corrected chi connectivity index (χ1v) is 10.6. The van der Waals surface area contributed by atoms with Gasteiger partial charge in [0.25, 0.3) is 0 Å². The van der Waals surface area contributed by atoms with Gasteiger partial charge in [-0.2, -0.15) is 0 Å². The number of hydrogen-bond donors (Lipinski definition) is 1. The predicted molar refractivity (Wildman–Crippen MR) is 117 cm³/mol. The van der Waals surface area contributed by atoms with Crippen molar-refractivity contribution in [3.63, 3.8) is 0 Å². The third-order valence-electron chi connectivity index (χ3n) is 6.48. The number of halogens is 2. The van der Waals surface area contributed by atoms with Gasteiger partial charge in [-0.1, -0.05) is 6.92 Å². The molecule has 3 rings (SSSR count). The molecule has 0 aliphatic carbocycles. The molecule has 0 radical (unpaired) electrons. The Morgan fingerprint density at radius 3 is 2.04 bits per heavy atom. The summed E-state index contributed by atoms with van der Waals surface area (Å²) in [7, 11) is 0. The standard InChI is InChI=1S/C20H36N4O2.2ClH/c1-17(18-5-7-21-8-6-18)15-19(25)24-13-11-22(12-14-24)16-20(26)23-9-3-2-4-10-23;;/h17-18,21H,2-16H2,1H3;2*1H. The molecule has 3 heterocycles. The molecule has 6 nitrogen and oxygen atoms in total. The van der Waals surface area contributed by atoms with Gasteiger partial charge in [0.15, 0.2) is 0 Å². The second-order valence-corrected chi connectivity index (χ2v) is 8.37. The number of nitrogens with one attached hydrogen (secondary N) is 1.